The zero-order chi connectivity index (χ0) is 12.3. The van der Waals surface area contributed by atoms with Crippen molar-refractivity contribution in [2.45, 2.75) is 39.3 Å². The maximum absolute atomic E-state index is 6.01. The fourth-order valence-corrected chi connectivity index (χ4v) is 1.74. The summed E-state index contributed by atoms with van der Waals surface area (Å²) in [5, 5.41) is 1.00. The number of halogens is 2. The highest BCUT2D eigenvalue weighted by Gasteiger charge is 2.14. The van der Waals surface area contributed by atoms with Gasteiger partial charge in [-0.25, -0.2) is 0 Å². The van der Waals surface area contributed by atoms with Crippen molar-refractivity contribution in [1.82, 2.24) is 0 Å². The van der Waals surface area contributed by atoms with Crippen LogP contribution >= 0.6 is 23.2 Å². The normalized spacial score (nSPS) is 12.9. The minimum Gasteiger partial charge on any atom is -0.491 e. The zero-order valence-electron chi connectivity index (χ0n) is 9.76. The Morgan fingerprint density at radius 2 is 1.81 bits per heavy atom. The van der Waals surface area contributed by atoms with Gasteiger partial charge in [0, 0.05) is 17.7 Å². The number of nitrogens with two attached hydrogens (primary N) is 1. The van der Waals surface area contributed by atoms with Gasteiger partial charge in [0.25, 0.3) is 0 Å². The predicted molar refractivity (Wildman–Crippen MR) is 69.4 cm³/mol. The van der Waals surface area contributed by atoms with Crippen LogP contribution < -0.4 is 10.5 Å². The first kappa shape index (κ1) is 13.6. The van der Waals surface area contributed by atoms with Crippen LogP contribution in [0.15, 0.2) is 12.1 Å². The molecule has 4 heteroatoms. The summed E-state index contributed by atoms with van der Waals surface area (Å²) in [5.41, 5.74) is 6.92. The van der Waals surface area contributed by atoms with Gasteiger partial charge in [0.05, 0.1) is 16.1 Å². The van der Waals surface area contributed by atoms with Gasteiger partial charge in [-0.3, -0.25) is 0 Å². The lowest BCUT2D eigenvalue weighted by molar-refractivity contribution is 0.238. The van der Waals surface area contributed by atoms with Crippen LogP contribution in [0.4, 0.5) is 0 Å². The van der Waals surface area contributed by atoms with Crippen LogP contribution in [-0.2, 0) is 0 Å². The summed E-state index contributed by atoms with van der Waals surface area (Å²) < 4.78 is 5.68. The molecule has 16 heavy (non-hydrogen) atoms. The van der Waals surface area contributed by atoms with Crippen molar-refractivity contribution in [1.29, 1.82) is 0 Å². The van der Waals surface area contributed by atoms with Crippen LogP contribution in [0.1, 0.15) is 38.8 Å². The molecule has 0 aliphatic carbocycles. The molecular formula is C12H17Cl2NO. The summed E-state index contributed by atoms with van der Waals surface area (Å²) in [4.78, 5) is 0. The molecule has 0 aromatic heterocycles. The standard InChI is InChI=1S/C12H17Cl2NO/c1-4-11(15)8-5-9(13)10(14)6-12(8)16-7(2)3/h5-7,11H,4,15H2,1-3H3. The molecular weight excluding hydrogens is 245 g/mol. The maximum Gasteiger partial charge on any atom is 0.126 e. The third-order valence-electron chi connectivity index (χ3n) is 2.25. The first-order chi connectivity index (χ1) is 7.45. The Morgan fingerprint density at radius 1 is 1.25 bits per heavy atom. The fourth-order valence-electron chi connectivity index (χ4n) is 1.41. The highest BCUT2D eigenvalue weighted by molar-refractivity contribution is 6.42. The van der Waals surface area contributed by atoms with Crippen molar-refractivity contribution in [3.05, 3.63) is 27.7 Å². The first-order valence-corrected chi connectivity index (χ1v) is 6.12. The molecule has 0 aliphatic heterocycles. The van der Waals surface area contributed by atoms with E-state index in [1.54, 1.807) is 12.1 Å². The SMILES string of the molecule is CCC(N)c1cc(Cl)c(Cl)cc1OC(C)C. The third-order valence-corrected chi connectivity index (χ3v) is 2.98. The average molecular weight is 262 g/mol. The van der Waals surface area contributed by atoms with E-state index in [2.05, 4.69) is 0 Å². The van der Waals surface area contributed by atoms with Gasteiger partial charge in [-0.15, -0.1) is 0 Å². The van der Waals surface area contributed by atoms with E-state index in [-0.39, 0.29) is 12.1 Å². The minimum absolute atomic E-state index is 0.0801. The van der Waals surface area contributed by atoms with E-state index in [4.69, 9.17) is 33.7 Å². The van der Waals surface area contributed by atoms with Crippen molar-refractivity contribution in [3.63, 3.8) is 0 Å². The van der Waals surface area contributed by atoms with Crippen molar-refractivity contribution in [3.8, 4) is 5.75 Å². The van der Waals surface area contributed by atoms with Gasteiger partial charge in [0.2, 0.25) is 0 Å². The number of hydrogen-bond acceptors (Lipinski definition) is 2. The Kier molecular flexibility index (Phi) is 4.90. The van der Waals surface area contributed by atoms with Gasteiger partial charge in [-0.05, 0) is 26.3 Å². The highest BCUT2D eigenvalue weighted by atomic mass is 35.5. The van der Waals surface area contributed by atoms with E-state index in [0.29, 0.717) is 10.0 Å². The van der Waals surface area contributed by atoms with Crippen molar-refractivity contribution >= 4 is 23.2 Å². The molecule has 0 radical (unpaired) electrons. The topological polar surface area (TPSA) is 35.2 Å². The van der Waals surface area contributed by atoms with Gasteiger partial charge in [-0.1, -0.05) is 30.1 Å². The van der Waals surface area contributed by atoms with Gasteiger partial charge in [0.1, 0.15) is 5.75 Å². The Balaban J connectivity index is 3.16. The maximum atomic E-state index is 6.01. The second-order valence-electron chi connectivity index (χ2n) is 3.99. The molecule has 0 aliphatic rings. The quantitative estimate of drug-likeness (QED) is 0.882. The average Bonchev–Trinajstić information content (AvgIpc) is 2.21. The van der Waals surface area contributed by atoms with E-state index in [1.165, 1.54) is 0 Å². The molecule has 0 saturated carbocycles. The highest BCUT2D eigenvalue weighted by Crippen LogP contribution is 2.34. The first-order valence-electron chi connectivity index (χ1n) is 5.36. The van der Waals surface area contributed by atoms with Crippen molar-refractivity contribution < 1.29 is 4.74 Å². The molecule has 2 nitrogen and oxygen atoms in total. The summed E-state index contributed by atoms with van der Waals surface area (Å²) >= 11 is 11.9. The van der Waals surface area contributed by atoms with E-state index in [1.807, 2.05) is 20.8 Å². The summed E-state index contributed by atoms with van der Waals surface area (Å²) in [5.74, 6) is 0.721. The van der Waals surface area contributed by atoms with Crippen molar-refractivity contribution in [2.24, 2.45) is 5.73 Å². The summed E-state index contributed by atoms with van der Waals surface area (Å²) in [6.45, 7) is 5.94. The van der Waals surface area contributed by atoms with Gasteiger partial charge < -0.3 is 10.5 Å². The molecule has 90 valence electrons. The van der Waals surface area contributed by atoms with Crippen LogP contribution in [-0.4, -0.2) is 6.10 Å². The van der Waals surface area contributed by atoms with Crippen LogP contribution in [0.25, 0.3) is 0 Å². The van der Waals surface area contributed by atoms with E-state index >= 15 is 0 Å². The summed E-state index contributed by atoms with van der Waals surface area (Å²) in [7, 11) is 0. The molecule has 0 fully saturated rings. The largest absolute Gasteiger partial charge is 0.491 e. The number of ether oxygens (including phenoxy) is 1. The molecule has 1 aromatic rings. The van der Waals surface area contributed by atoms with E-state index in [9.17, 15) is 0 Å². The molecule has 0 spiro atoms. The lowest BCUT2D eigenvalue weighted by Gasteiger charge is -2.18. The van der Waals surface area contributed by atoms with Gasteiger partial charge in [0.15, 0.2) is 0 Å². The third kappa shape index (κ3) is 3.27. The van der Waals surface area contributed by atoms with E-state index in [0.717, 1.165) is 17.7 Å². The molecule has 0 heterocycles. The number of benzene rings is 1. The lowest BCUT2D eigenvalue weighted by atomic mass is 10.0. The van der Waals surface area contributed by atoms with Crippen LogP contribution in [0, 0.1) is 0 Å². The Labute approximate surface area is 107 Å². The van der Waals surface area contributed by atoms with Crippen LogP contribution in [0.2, 0.25) is 10.0 Å². The monoisotopic (exact) mass is 261 g/mol. The van der Waals surface area contributed by atoms with E-state index < -0.39 is 0 Å². The number of rotatable bonds is 4. The second-order valence-corrected chi connectivity index (χ2v) is 4.80. The Morgan fingerprint density at radius 3 is 2.31 bits per heavy atom. The molecule has 1 unspecified atom stereocenters. The van der Waals surface area contributed by atoms with Gasteiger partial charge >= 0.3 is 0 Å². The molecule has 0 amide bonds. The molecule has 1 aromatic carbocycles. The molecule has 2 N–H and O–H groups in total. The van der Waals surface area contributed by atoms with Crippen LogP contribution in [0.5, 0.6) is 5.75 Å². The lowest BCUT2D eigenvalue weighted by Crippen LogP contribution is -2.14. The predicted octanol–water partition coefficient (Wildman–Crippen LogP) is 4.19. The Hall–Kier alpha value is -0.440. The van der Waals surface area contributed by atoms with Crippen LogP contribution in [0.3, 0.4) is 0 Å². The number of hydrogen-bond donors (Lipinski definition) is 1. The fraction of sp³-hybridized carbons (Fsp3) is 0.500. The summed E-state index contributed by atoms with van der Waals surface area (Å²) in [6.07, 6.45) is 0.909. The molecule has 1 rings (SSSR count). The smallest absolute Gasteiger partial charge is 0.126 e. The second kappa shape index (κ2) is 5.76. The summed E-state index contributed by atoms with van der Waals surface area (Å²) in [6, 6.07) is 3.44. The minimum atomic E-state index is -0.0801. The van der Waals surface area contributed by atoms with Crippen molar-refractivity contribution in [2.75, 3.05) is 0 Å². The van der Waals surface area contributed by atoms with Gasteiger partial charge in [-0.2, -0.15) is 0 Å². The molecule has 0 bridgehead atoms. The Bertz CT molecular complexity index is 366. The zero-order valence-corrected chi connectivity index (χ0v) is 11.3. The molecule has 1 atom stereocenters. The molecule has 0 saturated heterocycles.